The van der Waals surface area contributed by atoms with E-state index in [2.05, 4.69) is 36.4 Å². The van der Waals surface area contributed by atoms with Gasteiger partial charge in [-0.1, -0.05) is 5.16 Å². The van der Waals surface area contributed by atoms with Gasteiger partial charge in [-0.25, -0.2) is 10.0 Å². The molecular weight excluding hydrogens is 479 g/mol. The molecule has 1 aliphatic heterocycles. The molecule has 0 spiro atoms. The molecule has 11 heteroatoms. The second-order valence-electron chi connectivity index (χ2n) is 6.76. The summed E-state index contributed by atoms with van der Waals surface area (Å²) in [6.07, 6.45) is 0.823. The number of rotatable bonds is 4. The fraction of sp³-hybridized carbons (Fsp3) is 0.100. The number of imidazole rings is 1. The number of hydrogen-bond donors (Lipinski definition) is 2. The van der Waals surface area contributed by atoms with Crippen molar-refractivity contribution in [3.63, 3.8) is 0 Å². The average molecular weight is 492 g/mol. The van der Waals surface area contributed by atoms with E-state index < -0.39 is 11.7 Å². The smallest absolute Gasteiger partial charge is 0.380 e. The molecule has 2 aromatic heterocycles. The zero-order chi connectivity index (χ0) is 21.6. The van der Waals surface area contributed by atoms with Gasteiger partial charge >= 0.3 is 6.18 Å². The van der Waals surface area contributed by atoms with E-state index in [-0.39, 0.29) is 9.99 Å². The van der Waals surface area contributed by atoms with Gasteiger partial charge in [0.25, 0.3) is 0 Å². The van der Waals surface area contributed by atoms with Gasteiger partial charge in [-0.3, -0.25) is 0 Å². The van der Waals surface area contributed by atoms with E-state index in [1.807, 2.05) is 6.08 Å². The molecule has 0 atom stereocenters. The van der Waals surface area contributed by atoms with Gasteiger partial charge < -0.3 is 19.7 Å². The van der Waals surface area contributed by atoms with Crippen molar-refractivity contribution in [1.29, 1.82) is 0 Å². The maximum absolute atomic E-state index is 13.0. The number of hydrogen-bond acceptors (Lipinski definition) is 6. The van der Waals surface area contributed by atoms with Gasteiger partial charge in [-0.05, 0) is 58.4 Å². The number of anilines is 2. The van der Waals surface area contributed by atoms with Gasteiger partial charge in [-0.2, -0.15) is 13.2 Å². The molecule has 0 saturated carbocycles. The number of nitrogens with zero attached hydrogens (tertiary/aromatic N) is 3. The maximum atomic E-state index is 13.0. The Labute approximate surface area is 180 Å². The van der Waals surface area contributed by atoms with Crippen LogP contribution in [0, 0.1) is 0 Å². The van der Waals surface area contributed by atoms with Crippen molar-refractivity contribution in [2.45, 2.75) is 6.18 Å². The summed E-state index contributed by atoms with van der Waals surface area (Å²) in [6, 6.07) is 9.12. The molecule has 5 rings (SSSR count). The van der Waals surface area contributed by atoms with E-state index in [1.54, 1.807) is 41.7 Å². The van der Waals surface area contributed by atoms with E-state index in [0.29, 0.717) is 34.9 Å². The van der Waals surface area contributed by atoms with Gasteiger partial charge in [0, 0.05) is 10.2 Å². The largest absolute Gasteiger partial charge is 0.416 e. The Balaban J connectivity index is 1.31. The molecule has 0 amide bonds. The van der Waals surface area contributed by atoms with Crippen molar-refractivity contribution in [2.24, 2.45) is 0 Å². The van der Waals surface area contributed by atoms with Crippen LogP contribution in [0.5, 0.6) is 5.75 Å². The average Bonchev–Trinajstić information content (AvgIpc) is 3.35. The molecular formula is C20H13BrF3N5O2. The minimum atomic E-state index is -4.44. The predicted octanol–water partition coefficient (Wildman–Crippen LogP) is 3.90. The van der Waals surface area contributed by atoms with Crippen LogP contribution in [-0.4, -0.2) is 26.7 Å². The van der Waals surface area contributed by atoms with E-state index in [9.17, 15) is 13.2 Å². The molecule has 0 fully saturated rings. The first kappa shape index (κ1) is 19.5. The molecule has 31 heavy (non-hydrogen) atoms. The summed E-state index contributed by atoms with van der Waals surface area (Å²) in [4.78, 5) is 13.0. The van der Waals surface area contributed by atoms with Gasteiger partial charge in [0.1, 0.15) is 5.52 Å². The first-order valence-corrected chi connectivity index (χ1v) is 9.85. The van der Waals surface area contributed by atoms with Crippen molar-refractivity contribution in [1.82, 2.24) is 20.2 Å². The molecule has 0 saturated heterocycles. The van der Waals surface area contributed by atoms with Gasteiger partial charge in [0.05, 0.1) is 35.2 Å². The van der Waals surface area contributed by atoms with Crippen molar-refractivity contribution in [3.8, 4) is 5.75 Å². The lowest BCUT2D eigenvalue weighted by atomic mass is 10.2. The summed E-state index contributed by atoms with van der Waals surface area (Å²) in [7, 11) is 0. The second kappa shape index (κ2) is 7.34. The first-order valence-electron chi connectivity index (χ1n) is 9.06. The Morgan fingerprint density at radius 2 is 2.00 bits per heavy atom. The minimum Gasteiger partial charge on any atom is -0.380 e. The summed E-state index contributed by atoms with van der Waals surface area (Å²) >= 11 is 3.16. The number of hydroxylamine groups is 2. The number of nitrogens with one attached hydrogen (secondary N) is 2. The summed E-state index contributed by atoms with van der Waals surface area (Å²) in [5.74, 6) is 0.930. The second-order valence-corrected chi connectivity index (χ2v) is 7.61. The molecule has 3 heterocycles. The number of aromatic amines is 1. The third-order valence-electron chi connectivity index (χ3n) is 4.57. The predicted molar refractivity (Wildman–Crippen MR) is 111 cm³/mol. The number of H-pyrrole nitrogens is 1. The first-order chi connectivity index (χ1) is 14.8. The van der Waals surface area contributed by atoms with E-state index >= 15 is 0 Å². The van der Waals surface area contributed by atoms with Crippen LogP contribution in [0.2, 0.25) is 0 Å². The number of benzene rings is 2. The summed E-state index contributed by atoms with van der Waals surface area (Å²) in [5.41, 5.74) is 1.32. The molecule has 0 aliphatic carbocycles. The van der Waals surface area contributed by atoms with Crippen LogP contribution in [0.1, 0.15) is 5.56 Å². The standard InChI is InChI=1S/C20H13BrF3N5O2/c21-15-7-12(20(22,23)24)8-16-18(15)28-19(27-16)26-13-1-3-14(4-2-13)31-29-6-5-17-11(10-29)9-25-30-17/h1-5,7-10H,6H2,(H2,26,27,28). The number of alkyl halides is 3. The lowest BCUT2D eigenvalue weighted by Crippen LogP contribution is -2.34. The van der Waals surface area contributed by atoms with Crippen molar-refractivity contribution < 1.29 is 22.5 Å². The van der Waals surface area contributed by atoms with Crippen LogP contribution in [0.3, 0.4) is 0 Å². The van der Waals surface area contributed by atoms with Gasteiger partial charge in [0.2, 0.25) is 5.95 Å². The molecule has 1 aliphatic rings. The lowest BCUT2D eigenvalue weighted by molar-refractivity contribution is -0.137. The highest BCUT2D eigenvalue weighted by atomic mass is 79.9. The minimum absolute atomic E-state index is 0.260. The fourth-order valence-corrected chi connectivity index (χ4v) is 3.67. The molecule has 7 nitrogen and oxygen atoms in total. The SMILES string of the molecule is FC(F)(F)c1cc(Br)c2nc(Nc3ccc(ON4C=c5cnoc5=CC4)cc3)[nH]c2c1. The molecule has 158 valence electrons. The van der Waals surface area contributed by atoms with Crippen molar-refractivity contribution >= 4 is 50.9 Å². The monoisotopic (exact) mass is 491 g/mol. The topological polar surface area (TPSA) is 79.2 Å². The van der Waals surface area contributed by atoms with Crippen molar-refractivity contribution in [2.75, 3.05) is 11.9 Å². The zero-order valence-corrected chi connectivity index (χ0v) is 17.2. The highest BCUT2D eigenvalue weighted by molar-refractivity contribution is 9.10. The lowest BCUT2D eigenvalue weighted by Gasteiger charge is -2.20. The fourth-order valence-electron chi connectivity index (χ4n) is 3.12. The Morgan fingerprint density at radius 1 is 1.19 bits per heavy atom. The molecule has 0 unspecified atom stereocenters. The summed E-state index contributed by atoms with van der Waals surface area (Å²) < 4.78 is 44.4. The van der Waals surface area contributed by atoms with Crippen LogP contribution in [0.4, 0.5) is 24.8 Å². The van der Waals surface area contributed by atoms with Crippen LogP contribution in [-0.2, 0) is 6.18 Å². The molecule has 0 radical (unpaired) electrons. The Morgan fingerprint density at radius 3 is 2.77 bits per heavy atom. The zero-order valence-electron chi connectivity index (χ0n) is 15.6. The Kier molecular flexibility index (Phi) is 4.62. The van der Waals surface area contributed by atoms with Gasteiger partial charge in [0.15, 0.2) is 11.2 Å². The van der Waals surface area contributed by atoms with Crippen LogP contribution >= 0.6 is 15.9 Å². The van der Waals surface area contributed by atoms with Crippen LogP contribution < -0.4 is 20.8 Å². The van der Waals surface area contributed by atoms with E-state index in [0.717, 1.165) is 17.4 Å². The maximum Gasteiger partial charge on any atom is 0.416 e. The summed E-state index contributed by atoms with van der Waals surface area (Å²) in [5, 5.41) is 9.26. The van der Waals surface area contributed by atoms with Gasteiger partial charge in [-0.15, -0.1) is 0 Å². The quantitative estimate of drug-likeness (QED) is 0.450. The van der Waals surface area contributed by atoms with Crippen LogP contribution in [0.15, 0.2) is 51.6 Å². The highest BCUT2D eigenvalue weighted by Crippen LogP contribution is 2.35. The number of halogens is 4. The van der Waals surface area contributed by atoms with E-state index in [1.165, 1.54) is 0 Å². The molecule has 2 N–H and O–H groups in total. The van der Waals surface area contributed by atoms with Crippen molar-refractivity contribution in [3.05, 3.63) is 63.3 Å². The number of aromatic nitrogens is 3. The number of fused-ring (bicyclic) bond motifs is 2. The Bertz CT molecular complexity index is 1380. The third-order valence-corrected chi connectivity index (χ3v) is 5.18. The van der Waals surface area contributed by atoms with Crippen LogP contribution in [0.25, 0.3) is 23.3 Å². The molecule has 0 bridgehead atoms. The van der Waals surface area contributed by atoms with E-state index in [4.69, 9.17) is 9.36 Å². The normalized spacial score (nSPS) is 13.5. The molecule has 4 aromatic rings. The molecule has 2 aromatic carbocycles. The Hall–Kier alpha value is -3.47. The summed E-state index contributed by atoms with van der Waals surface area (Å²) in [6.45, 7) is 0.510. The highest BCUT2D eigenvalue weighted by Gasteiger charge is 2.31. The third kappa shape index (κ3) is 3.96.